The first-order chi connectivity index (χ1) is 13.0. The third kappa shape index (κ3) is 4.12. The predicted octanol–water partition coefficient (Wildman–Crippen LogP) is 4.02. The molecule has 2 aromatic carbocycles. The zero-order chi connectivity index (χ0) is 19.4. The fraction of sp³-hybridized carbons (Fsp3) is 0.190. The second kappa shape index (κ2) is 7.97. The Morgan fingerprint density at radius 3 is 2.33 bits per heavy atom. The van der Waals surface area contributed by atoms with Gasteiger partial charge in [0.25, 0.3) is 5.91 Å². The quantitative estimate of drug-likeness (QED) is 0.688. The Bertz CT molecular complexity index is 939. The van der Waals surface area contributed by atoms with Crippen LogP contribution < -0.4 is 14.8 Å². The van der Waals surface area contributed by atoms with Gasteiger partial charge in [0, 0.05) is 22.9 Å². The summed E-state index contributed by atoms with van der Waals surface area (Å²) >= 11 is 0. The lowest BCUT2D eigenvalue weighted by Crippen LogP contribution is -2.13. The Balaban J connectivity index is 1.88. The summed E-state index contributed by atoms with van der Waals surface area (Å²) in [4.78, 5) is 12.7. The minimum absolute atomic E-state index is 0.160. The topological polar surface area (TPSA) is 80.9 Å². The summed E-state index contributed by atoms with van der Waals surface area (Å²) in [6, 6.07) is 14.2. The van der Waals surface area contributed by atoms with Crippen molar-refractivity contribution in [1.82, 2.24) is 0 Å². The zero-order valence-electron chi connectivity index (χ0n) is 15.4. The van der Waals surface area contributed by atoms with Crippen LogP contribution in [0.25, 0.3) is 11.3 Å². The molecule has 1 amide bonds. The number of ether oxygens (including phenoxy) is 2. The lowest BCUT2D eigenvalue weighted by atomic mass is 10.1. The predicted molar refractivity (Wildman–Crippen MR) is 102 cm³/mol. The van der Waals surface area contributed by atoms with Crippen LogP contribution in [0.5, 0.6) is 11.5 Å². The number of benzene rings is 2. The number of aryl methyl sites for hydroxylation is 1. The van der Waals surface area contributed by atoms with Gasteiger partial charge in [0.15, 0.2) is 0 Å². The summed E-state index contributed by atoms with van der Waals surface area (Å²) in [6.07, 6.45) is 0. The molecular formula is C21H21NO5. The molecular weight excluding hydrogens is 346 g/mol. The van der Waals surface area contributed by atoms with Crippen molar-refractivity contribution < 1.29 is 23.8 Å². The molecule has 1 aromatic heterocycles. The van der Waals surface area contributed by atoms with Crippen molar-refractivity contribution in [2.24, 2.45) is 0 Å². The molecule has 140 valence electrons. The van der Waals surface area contributed by atoms with Crippen LogP contribution in [-0.2, 0) is 6.61 Å². The minimum atomic E-state index is -0.275. The van der Waals surface area contributed by atoms with E-state index in [0.29, 0.717) is 34.3 Å². The number of rotatable bonds is 6. The van der Waals surface area contributed by atoms with Crippen molar-refractivity contribution in [3.63, 3.8) is 0 Å². The molecule has 6 heteroatoms. The number of anilines is 1. The average Bonchev–Trinajstić information content (AvgIpc) is 3.18. The van der Waals surface area contributed by atoms with Crippen molar-refractivity contribution in [2.45, 2.75) is 13.5 Å². The van der Waals surface area contributed by atoms with Crippen LogP contribution in [0.2, 0.25) is 0 Å². The summed E-state index contributed by atoms with van der Waals surface area (Å²) in [5, 5.41) is 12.1. The van der Waals surface area contributed by atoms with E-state index in [0.717, 1.165) is 11.1 Å². The molecule has 0 saturated heterocycles. The molecule has 27 heavy (non-hydrogen) atoms. The van der Waals surface area contributed by atoms with Crippen LogP contribution in [-0.4, -0.2) is 25.2 Å². The number of carbonyl (C=O) groups excluding carboxylic acids is 1. The Labute approximate surface area is 157 Å². The number of hydrogen-bond donors (Lipinski definition) is 2. The molecule has 0 spiro atoms. The van der Waals surface area contributed by atoms with Gasteiger partial charge >= 0.3 is 0 Å². The monoisotopic (exact) mass is 367 g/mol. The van der Waals surface area contributed by atoms with Gasteiger partial charge in [-0.25, -0.2) is 0 Å². The maximum atomic E-state index is 12.7. The van der Waals surface area contributed by atoms with Gasteiger partial charge in [-0.15, -0.1) is 0 Å². The molecule has 2 N–H and O–H groups in total. The molecule has 0 fully saturated rings. The third-order valence-electron chi connectivity index (χ3n) is 4.20. The molecule has 1 heterocycles. The van der Waals surface area contributed by atoms with Crippen molar-refractivity contribution in [1.29, 1.82) is 0 Å². The summed E-state index contributed by atoms with van der Waals surface area (Å²) < 4.78 is 16.0. The lowest BCUT2D eigenvalue weighted by molar-refractivity contribution is 0.102. The third-order valence-corrected chi connectivity index (χ3v) is 4.20. The maximum Gasteiger partial charge on any atom is 0.255 e. The minimum Gasteiger partial charge on any atom is -0.497 e. The maximum absolute atomic E-state index is 12.7. The Morgan fingerprint density at radius 2 is 1.74 bits per heavy atom. The van der Waals surface area contributed by atoms with Gasteiger partial charge in [-0.1, -0.05) is 12.1 Å². The van der Waals surface area contributed by atoms with E-state index in [-0.39, 0.29) is 12.5 Å². The van der Waals surface area contributed by atoms with E-state index in [1.165, 1.54) is 14.2 Å². The van der Waals surface area contributed by atoms with Crippen LogP contribution in [0.3, 0.4) is 0 Å². The SMILES string of the molecule is COc1cc(OC)cc(C(=O)Nc2cc(-c3ccc(CO)o3)ccc2C)c1. The van der Waals surface area contributed by atoms with Crippen LogP contribution >= 0.6 is 0 Å². The van der Waals surface area contributed by atoms with Crippen LogP contribution in [0, 0.1) is 6.92 Å². The summed E-state index contributed by atoms with van der Waals surface area (Å²) in [5.41, 5.74) is 2.81. The first-order valence-corrected chi connectivity index (χ1v) is 8.39. The molecule has 0 atom stereocenters. The highest BCUT2D eigenvalue weighted by Crippen LogP contribution is 2.28. The molecule has 0 aliphatic carbocycles. The molecule has 3 rings (SSSR count). The molecule has 0 radical (unpaired) electrons. The second-order valence-corrected chi connectivity index (χ2v) is 6.01. The number of hydrogen-bond acceptors (Lipinski definition) is 5. The second-order valence-electron chi connectivity index (χ2n) is 6.01. The molecule has 0 saturated carbocycles. The van der Waals surface area contributed by atoms with Gasteiger partial charge in [0.05, 0.1) is 14.2 Å². The lowest BCUT2D eigenvalue weighted by Gasteiger charge is -2.12. The fourth-order valence-electron chi connectivity index (χ4n) is 2.66. The van der Waals surface area contributed by atoms with Gasteiger partial charge in [-0.3, -0.25) is 4.79 Å². The highest BCUT2D eigenvalue weighted by molar-refractivity contribution is 6.05. The zero-order valence-corrected chi connectivity index (χ0v) is 15.4. The van der Waals surface area contributed by atoms with Gasteiger partial charge in [0.1, 0.15) is 29.6 Å². The van der Waals surface area contributed by atoms with Gasteiger partial charge in [0.2, 0.25) is 0 Å². The summed E-state index contributed by atoms with van der Waals surface area (Å²) in [5.74, 6) is 1.91. The summed E-state index contributed by atoms with van der Waals surface area (Å²) in [6.45, 7) is 1.75. The van der Waals surface area contributed by atoms with E-state index < -0.39 is 0 Å². The van der Waals surface area contributed by atoms with Gasteiger partial charge in [-0.05, 0) is 42.8 Å². The van der Waals surface area contributed by atoms with E-state index in [9.17, 15) is 4.79 Å². The van der Waals surface area contributed by atoms with Crippen molar-refractivity contribution in [3.8, 4) is 22.8 Å². The van der Waals surface area contributed by atoms with Crippen LogP contribution in [0.15, 0.2) is 52.9 Å². The number of nitrogens with one attached hydrogen (secondary N) is 1. The molecule has 6 nitrogen and oxygen atoms in total. The van der Waals surface area contributed by atoms with Gasteiger partial charge < -0.3 is 24.3 Å². The van der Waals surface area contributed by atoms with E-state index in [1.807, 2.05) is 25.1 Å². The van der Waals surface area contributed by atoms with Crippen LogP contribution in [0.4, 0.5) is 5.69 Å². The normalized spacial score (nSPS) is 10.5. The van der Waals surface area contributed by atoms with Crippen molar-refractivity contribution in [3.05, 3.63) is 65.4 Å². The van der Waals surface area contributed by atoms with Crippen LogP contribution in [0.1, 0.15) is 21.7 Å². The number of carbonyl (C=O) groups is 1. The Kier molecular flexibility index (Phi) is 5.47. The summed E-state index contributed by atoms with van der Waals surface area (Å²) in [7, 11) is 3.07. The van der Waals surface area contributed by atoms with E-state index >= 15 is 0 Å². The molecule has 0 unspecified atom stereocenters. The van der Waals surface area contributed by atoms with E-state index in [2.05, 4.69) is 5.32 Å². The molecule has 0 aliphatic rings. The van der Waals surface area contributed by atoms with Crippen molar-refractivity contribution in [2.75, 3.05) is 19.5 Å². The number of aliphatic hydroxyl groups excluding tert-OH is 1. The number of methoxy groups -OCH3 is 2. The highest BCUT2D eigenvalue weighted by atomic mass is 16.5. The number of amides is 1. The molecule has 0 aliphatic heterocycles. The van der Waals surface area contributed by atoms with E-state index in [4.69, 9.17) is 19.0 Å². The van der Waals surface area contributed by atoms with E-state index in [1.54, 1.807) is 30.3 Å². The number of furan rings is 1. The van der Waals surface area contributed by atoms with Crippen molar-refractivity contribution >= 4 is 11.6 Å². The van der Waals surface area contributed by atoms with Gasteiger partial charge in [-0.2, -0.15) is 0 Å². The first kappa shape index (κ1) is 18.5. The molecule has 0 bridgehead atoms. The largest absolute Gasteiger partial charge is 0.497 e. The highest BCUT2D eigenvalue weighted by Gasteiger charge is 2.13. The number of aliphatic hydroxyl groups is 1. The Morgan fingerprint density at radius 1 is 1.04 bits per heavy atom. The fourth-order valence-corrected chi connectivity index (χ4v) is 2.66. The Hall–Kier alpha value is -3.25. The average molecular weight is 367 g/mol. The smallest absolute Gasteiger partial charge is 0.255 e. The molecule has 3 aromatic rings. The first-order valence-electron chi connectivity index (χ1n) is 8.39. The standard InChI is InChI=1S/C21H21NO5/c1-13-4-5-14(20-7-6-16(12-23)27-20)10-19(13)22-21(24)15-8-17(25-2)11-18(9-15)26-3/h4-11,23H,12H2,1-3H3,(H,22,24).